The number of rotatable bonds is 8. The van der Waals surface area contributed by atoms with Gasteiger partial charge >= 0.3 is 0 Å². The summed E-state index contributed by atoms with van der Waals surface area (Å²) in [5, 5.41) is 15.7. The van der Waals surface area contributed by atoms with Gasteiger partial charge in [-0.15, -0.1) is 0 Å². The van der Waals surface area contributed by atoms with Crippen molar-refractivity contribution in [1.29, 1.82) is 0 Å². The van der Waals surface area contributed by atoms with E-state index in [9.17, 15) is 8.78 Å². The van der Waals surface area contributed by atoms with Crippen molar-refractivity contribution in [3.8, 4) is 33.4 Å². The SMILES string of the molecule is CN1CCN(C2CCN(c3cnc4c(-c5ccnc(N6CCCCC6)c5)cnn4c3)CC2)CC1.Cc1cc2c(-c3cnn4cc(N5CCC6(CCN(C)CC6)CC5)cnc34)ccnc2cc1F.Cc1cc2c(-c3cnn4cc(N5C[C@H]6CN(C)C[C@H]6C5)cnc34)ccnc2cc1F. The van der Waals surface area contributed by atoms with E-state index in [4.69, 9.17) is 15.0 Å². The summed E-state index contributed by atoms with van der Waals surface area (Å²) >= 11 is 0. The Morgan fingerprint density at radius 1 is 0.412 bits per heavy atom. The number of piperazine rings is 1. The summed E-state index contributed by atoms with van der Waals surface area (Å²) in [5.41, 5.74) is 15.0. The van der Waals surface area contributed by atoms with Gasteiger partial charge in [-0.25, -0.2) is 42.3 Å². The maximum atomic E-state index is 14.1. The van der Waals surface area contributed by atoms with Crippen LogP contribution in [0.25, 0.3) is 72.1 Å². The number of nitrogens with zero attached hydrogens (tertiary/aromatic N) is 20. The summed E-state index contributed by atoms with van der Waals surface area (Å²) in [4.78, 5) is 47.5. The quantitative estimate of drug-likeness (QED) is 0.141. The number of hydrogen-bond acceptors (Lipinski definition) is 17. The molecular weight excluding hydrogens is 1220 g/mol. The van der Waals surface area contributed by atoms with E-state index in [1.165, 1.54) is 128 Å². The zero-order valence-electron chi connectivity index (χ0n) is 56.7. The van der Waals surface area contributed by atoms with Gasteiger partial charge in [0.2, 0.25) is 0 Å². The number of fused-ring (bicyclic) bond motifs is 6. The second-order valence-corrected chi connectivity index (χ2v) is 28.8. The van der Waals surface area contributed by atoms with Crippen molar-refractivity contribution < 1.29 is 8.78 Å². The second-order valence-electron chi connectivity index (χ2n) is 28.8. The highest BCUT2D eigenvalue weighted by Crippen LogP contribution is 2.43. The Morgan fingerprint density at radius 3 is 1.43 bits per heavy atom. The lowest BCUT2D eigenvalue weighted by Gasteiger charge is -2.46. The summed E-state index contributed by atoms with van der Waals surface area (Å²) in [6.45, 7) is 21.8. The van der Waals surface area contributed by atoms with E-state index < -0.39 is 0 Å². The van der Waals surface area contributed by atoms with Crippen LogP contribution in [0.5, 0.6) is 0 Å². The van der Waals surface area contributed by atoms with Crippen LogP contribution in [-0.2, 0) is 0 Å². The molecule has 16 heterocycles. The van der Waals surface area contributed by atoms with Gasteiger partial charge in [-0.05, 0) is 187 Å². The van der Waals surface area contributed by atoms with E-state index in [1.54, 1.807) is 26.2 Å². The first-order valence-corrected chi connectivity index (χ1v) is 35.2. The number of aromatic nitrogens is 12. The average molecular weight is 1310 g/mol. The highest BCUT2D eigenvalue weighted by Gasteiger charge is 2.40. The fraction of sp³-hybridized carbons (Fsp3) is 0.453. The summed E-state index contributed by atoms with van der Waals surface area (Å²) in [6.07, 6.45) is 34.7. The number of pyridine rings is 3. The Labute approximate surface area is 565 Å². The predicted octanol–water partition coefficient (Wildman–Crippen LogP) is 11.1. The Bertz CT molecular complexity index is 4630. The molecular formula is C75H88F2N20. The lowest BCUT2D eigenvalue weighted by Crippen LogP contribution is -2.52. The first-order chi connectivity index (χ1) is 47.3. The van der Waals surface area contributed by atoms with Crippen LogP contribution in [0.15, 0.2) is 123 Å². The fourth-order valence-electron chi connectivity index (χ4n) is 16.5. The van der Waals surface area contributed by atoms with Gasteiger partial charge in [-0.3, -0.25) is 14.9 Å². The zero-order chi connectivity index (χ0) is 65.9. The van der Waals surface area contributed by atoms with E-state index in [0.29, 0.717) is 27.6 Å². The molecule has 0 amide bonds. The molecule has 7 aliphatic heterocycles. The van der Waals surface area contributed by atoms with Crippen LogP contribution >= 0.6 is 0 Å². The number of aryl methyl sites for hydroxylation is 2. The number of hydrogen-bond donors (Lipinski definition) is 0. The minimum atomic E-state index is -0.239. The highest BCUT2D eigenvalue weighted by molar-refractivity contribution is 5.99. The maximum Gasteiger partial charge on any atom is 0.162 e. The monoisotopic (exact) mass is 1310 g/mol. The van der Waals surface area contributed by atoms with Crippen LogP contribution in [0.2, 0.25) is 0 Å². The predicted molar refractivity (Wildman–Crippen MR) is 381 cm³/mol. The van der Waals surface area contributed by atoms with Gasteiger partial charge < -0.3 is 34.3 Å². The van der Waals surface area contributed by atoms with Crippen molar-refractivity contribution in [2.24, 2.45) is 17.3 Å². The third kappa shape index (κ3) is 12.7. The molecule has 9 aromatic heterocycles. The van der Waals surface area contributed by atoms with Gasteiger partial charge in [-0.1, -0.05) is 0 Å². The summed E-state index contributed by atoms with van der Waals surface area (Å²) < 4.78 is 33.7. The first-order valence-electron chi connectivity index (χ1n) is 35.2. The molecule has 22 heteroatoms. The van der Waals surface area contributed by atoms with Crippen molar-refractivity contribution in [2.75, 3.05) is 145 Å². The minimum absolute atomic E-state index is 0.238. The summed E-state index contributed by atoms with van der Waals surface area (Å²) in [5.74, 6) is 2.07. The molecule has 502 valence electrons. The van der Waals surface area contributed by atoms with Crippen molar-refractivity contribution in [2.45, 2.75) is 77.7 Å². The van der Waals surface area contributed by atoms with Crippen molar-refractivity contribution >= 4 is 61.6 Å². The van der Waals surface area contributed by atoms with Crippen molar-refractivity contribution in [3.63, 3.8) is 0 Å². The van der Waals surface area contributed by atoms with Gasteiger partial charge in [0.25, 0.3) is 0 Å². The van der Waals surface area contributed by atoms with Gasteiger partial charge in [0, 0.05) is 156 Å². The molecule has 0 radical (unpaired) electrons. The summed E-state index contributed by atoms with van der Waals surface area (Å²) in [6, 6.07) is 15.6. The second kappa shape index (κ2) is 26.5. The van der Waals surface area contributed by atoms with Crippen molar-refractivity contribution in [1.82, 2.24) is 78.3 Å². The number of halogens is 2. The van der Waals surface area contributed by atoms with Crippen molar-refractivity contribution in [3.05, 3.63) is 146 Å². The molecule has 20 nitrogen and oxygen atoms in total. The molecule has 2 aromatic carbocycles. The number of likely N-dealkylation sites (tertiary alicyclic amines) is 2. The Balaban J connectivity index is 0.000000114. The largest absolute Gasteiger partial charge is 0.369 e. The van der Waals surface area contributed by atoms with Crippen LogP contribution in [0.4, 0.5) is 31.7 Å². The molecule has 0 N–H and O–H groups in total. The minimum Gasteiger partial charge on any atom is -0.369 e. The first kappa shape index (κ1) is 62.9. The Morgan fingerprint density at radius 2 is 0.887 bits per heavy atom. The third-order valence-corrected chi connectivity index (χ3v) is 22.5. The molecule has 0 aliphatic carbocycles. The molecule has 7 saturated heterocycles. The molecule has 18 rings (SSSR count). The summed E-state index contributed by atoms with van der Waals surface area (Å²) in [7, 11) is 6.67. The topological polar surface area (TPSA) is 155 Å². The molecule has 0 bridgehead atoms. The van der Waals surface area contributed by atoms with Crippen LogP contribution < -0.4 is 19.6 Å². The normalized spacial score (nSPS) is 20.7. The zero-order valence-corrected chi connectivity index (χ0v) is 56.7. The van der Waals surface area contributed by atoms with E-state index in [2.05, 4.69) is 121 Å². The molecule has 1 spiro atoms. The molecule has 2 atom stereocenters. The van der Waals surface area contributed by atoms with E-state index in [0.717, 1.165) is 149 Å². The Hall–Kier alpha value is -8.83. The molecule has 7 aliphatic rings. The average Bonchev–Trinajstić information content (AvgIpc) is 1.39. The number of piperidine rings is 4. The maximum absolute atomic E-state index is 14.1. The third-order valence-electron chi connectivity index (χ3n) is 22.5. The number of benzene rings is 2. The highest BCUT2D eigenvalue weighted by atomic mass is 19.1. The number of likely N-dealkylation sites (N-methyl/N-ethyl adjacent to an activating group) is 1. The lowest BCUT2D eigenvalue weighted by atomic mass is 9.71. The van der Waals surface area contributed by atoms with Crippen LogP contribution in [-0.4, -0.2) is 210 Å². The fourth-order valence-corrected chi connectivity index (χ4v) is 16.5. The van der Waals surface area contributed by atoms with E-state index in [-0.39, 0.29) is 11.6 Å². The van der Waals surface area contributed by atoms with Crippen LogP contribution in [0.1, 0.15) is 68.9 Å². The molecule has 0 unspecified atom stereocenters. The van der Waals surface area contributed by atoms with Gasteiger partial charge in [-0.2, -0.15) is 15.3 Å². The molecule has 11 aromatic rings. The van der Waals surface area contributed by atoms with Crippen LogP contribution in [0.3, 0.4) is 0 Å². The van der Waals surface area contributed by atoms with E-state index in [1.807, 2.05) is 81.2 Å². The molecule has 0 saturated carbocycles. The smallest absolute Gasteiger partial charge is 0.162 e. The lowest BCUT2D eigenvalue weighted by molar-refractivity contribution is 0.0944. The molecule has 7 fully saturated rings. The number of anilines is 4. The van der Waals surface area contributed by atoms with Gasteiger partial charge in [0.15, 0.2) is 16.9 Å². The molecule has 97 heavy (non-hydrogen) atoms. The van der Waals surface area contributed by atoms with Gasteiger partial charge in [0.1, 0.15) is 17.5 Å². The van der Waals surface area contributed by atoms with Crippen LogP contribution in [0, 0.1) is 42.7 Å². The van der Waals surface area contributed by atoms with E-state index >= 15 is 0 Å². The standard InChI is InChI=1S/C26H29FN6.C26H36N8.C23H23FN6/c1-18-13-21-20(3-8-28-24(21)14-23(18)27)22-16-30-33-17-19(15-29-25(22)33)32-11-6-26(7-12-32)4-9-31(2)10-5-26;1-30-13-15-32(16-14-30)22-6-11-31(12-7-22)23-18-28-26-24(19-29-34(26)20-23)21-5-8-27-25(17-21)33-9-3-2-4-10-33;1-14-5-19-18(3-4-25-22(19)6-21(14)24)20-8-27-30-13-17(7-26-23(20)30)29-11-15-9-28(2)10-16(15)12-29/h3,8,13-17H,4-7,9-12H2,1-2H3;5,8,17-20,22H,2-4,6-7,9-16H2,1H3;3-8,13,15-16H,9-12H2,1-2H3/t;;15-,16+. The Kier molecular flexibility index (Phi) is 17.2. The van der Waals surface area contributed by atoms with Gasteiger partial charge in [0.05, 0.1) is 83.9 Å².